The summed E-state index contributed by atoms with van der Waals surface area (Å²) in [6.07, 6.45) is 3.88. The predicted molar refractivity (Wildman–Crippen MR) is 107 cm³/mol. The molecular weight excluding hydrogens is 334 g/mol. The van der Waals surface area contributed by atoms with Gasteiger partial charge in [-0.25, -0.2) is 0 Å². The largest absolute Gasteiger partial charge is 0.504 e. The molecule has 0 saturated heterocycles. The van der Waals surface area contributed by atoms with Gasteiger partial charge in [-0.05, 0) is 55.4 Å². The number of nitrogens with one attached hydrogen (secondary N) is 2. The van der Waals surface area contributed by atoms with E-state index in [2.05, 4.69) is 22.4 Å². The molecule has 0 saturated carbocycles. The third-order valence-corrected chi connectivity index (χ3v) is 3.45. The molecule has 3 N–H and O–H groups in total. The number of rotatable bonds is 7. The molecular formula is C19H21N3O2S. The lowest BCUT2D eigenvalue weighted by Gasteiger charge is -2.11. The lowest BCUT2D eigenvalue weighted by atomic mass is 10.1. The topological polar surface area (TPSA) is 65.9 Å². The SMILES string of the molecule is C=CCc1cc(/C=N\NC(=S)Nc2ccccc2)cc(OCC)c1O. The van der Waals surface area contributed by atoms with Crippen LogP contribution in [0.25, 0.3) is 0 Å². The molecule has 0 heterocycles. The molecule has 0 aromatic heterocycles. The van der Waals surface area contributed by atoms with E-state index in [9.17, 15) is 5.11 Å². The van der Waals surface area contributed by atoms with Gasteiger partial charge in [0.25, 0.3) is 0 Å². The smallest absolute Gasteiger partial charge is 0.191 e. The Bertz CT molecular complexity index is 761. The number of anilines is 1. The van der Waals surface area contributed by atoms with Gasteiger partial charge in [-0.2, -0.15) is 5.10 Å². The second-order valence-corrected chi connectivity index (χ2v) is 5.55. The Morgan fingerprint density at radius 2 is 2.08 bits per heavy atom. The fourth-order valence-electron chi connectivity index (χ4n) is 2.19. The minimum atomic E-state index is 0.133. The van der Waals surface area contributed by atoms with Crippen molar-refractivity contribution >= 4 is 29.2 Å². The number of hydrazone groups is 1. The van der Waals surface area contributed by atoms with Gasteiger partial charge < -0.3 is 15.2 Å². The average molecular weight is 355 g/mol. The van der Waals surface area contributed by atoms with Crippen LogP contribution in [0.2, 0.25) is 0 Å². The fourth-order valence-corrected chi connectivity index (χ4v) is 2.36. The number of phenolic OH excluding ortho intramolecular Hbond substituents is 1. The predicted octanol–water partition coefficient (Wildman–Crippen LogP) is 3.84. The number of phenols is 1. The van der Waals surface area contributed by atoms with E-state index in [1.165, 1.54) is 0 Å². The van der Waals surface area contributed by atoms with E-state index >= 15 is 0 Å². The Morgan fingerprint density at radius 1 is 1.32 bits per heavy atom. The number of nitrogens with zero attached hydrogens (tertiary/aromatic N) is 1. The van der Waals surface area contributed by atoms with Gasteiger partial charge in [0.2, 0.25) is 0 Å². The summed E-state index contributed by atoms with van der Waals surface area (Å²) in [6.45, 7) is 6.03. The number of aromatic hydroxyl groups is 1. The van der Waals surface area contributed by atoms with Gasteiger partial charge >= 0.3 is 0 Å². The first-order chi connectivity index (χ1) is 12.1. The van der Waals surface area contributed by atoms with Gasteiger partial charge in [-0.15, -0.1) is 6.58 Å². The number of benzene rings is 2. The molecule has 6 heteroatoms. The Hall–Kier alpha value is -2.86. The normalized spacial score (nSPS) is 10.4. The molecule has 0 amide bonds. The van der Waals surface area contributed by atoms with E-state index in [-0.39, 0.29) is 5.75 Å². The molecule has 0 bridgehead atoms. The highest BCUT2D eigenvalue weighted by Crippen LogP contribution is 2.31. The highest BCUT2D eigenvalue weighted by molar-refractivity contribution is 7.80. The number of hydrogen-bond donors (Lipinski definition) is 3. The van der Waals surface area contributed by atoms with Crippen LogP contribution in [0.3, 0.4) is 0 Å². The zero-order valence-electron chi connectivity index (χ0n) is 14.0. The van der Waals surface area contributed by atoms with Crippen LogP contribution in [0.15, 0.2) is 60.2 Å². The average Bonchev–Trinajstić information content (AvgIpc) is 2.60. The summed E-state index contributed by atoms with van der Waals surface area (Å²) < 4.78 is 5.47. The molecule has 130 valence electrons. The molecule has 25 heavy (non-hydrogen) atoms. The van der Waals surface area contributed by atoms with Crippen molar-refractivity contribution in [2.24, 2.45) is 5.10 Å². The van der Waals surface area contributed by atoms with E-state index in [4.69, 9.17) is 17.0 Å². The first-order valence-corrected chi connectivity index (χ1v) is 8.29. The molecule has 0 aliphatic rings. The van der Waals surface area contributed by atoms with Crippen LogP contribution in [0.5, 0.6) is 11.5 Å². The highest BCUT2D eigenvalue weighted by Gasteiger charge is 2.09. The number of thiocarbonyl (C=S) groups is 1. The summed E-state index contributed by atoms with van der Waals surface area (Å²) in [5.74, 6) is 0.557. The van der Waals surface area contributed by atoms with Crippen molar-refractivity contribution < 1.29 is 9.84 Å². The van der Waals surface area contributed by atoms with Gasteiger partial charge in [0.15, 0.2) is 16.6 Å². The number of allylic oxidation sites excluding steroid dienone is 1. The number of hydrogen-bond acceptors (Lipinski definition) is 4. The van der Waals surface area contributed by atoms with Crippen molar-refractivity contribution in [3.63, 3.8) is 0 Å². The van der Waals surface area contributed by atoms with Crippen molar-refractivity contribution in [3.8, 4) is 11.5 Å². The van der Waals surface area contributed by atoms with Crippen LogP contribution in [0.4, 0.5) is 5.69 Å². The van der Waals surface area contributed by atoms with Crippen LogP contribution in [-0.2, 0) is 6.42 Å². The fraction of sp³-hybridized carbons (Fsp3) is 0.158. The van der Waals surface area contributed by atoms with Crippen LogP contribution >= 0.6 is 12.2 Å². The maximum atomic E-state index is 10.2. The minimum absolute atomic E-state index is 0.133. The second-order valence-electron chi connectivity index (χ2n) is 5.14. The first-order valence-electron chi connectivity index (χ1n) is 7.88. The third-order valence-electron chi connectivity index (χ3n) is 3.25. The summed E-state index contributed by atoms with van der Waals surface area (Å²) >= 11 is 5.19. The maximum Gasteiger partial charge on any atom is 0.191 e. The molecule has 0 radical (unpaired) electrons. The Morgan fingerprint density at radius 3 is 2.76 bits per heavy atom. The molecule has 2 aromatic carbocycles. The molecule has 0 spiro atoms. The summed E-state index contributed by atoms with van der Waals surface area (Å²) in [6, 6.07) is 13.1. The minimum Gasteiger partial charge on any atom is -0.504 e. The molecule has 2 rings (SSSR count). The van der Waals surface area contributed by atoms with Gasteiger partial charge in [0.1, 0.15) is 0 Å². The van der Waals surface area contributed by atoms with E-state index in [1.54, 1.807) is 18.4 Å². The monoisotopic (exact) mass is 355 g/mol. The quantitative estimate of drug-likeness (QED) is 0.305. The highest BCUT2D eigenvalue weighted by atomic mass is 32.1. The van der Waals surface area contributed by atoms with Crippen molar-refractivity contribution in [2.45, 2.75) is 13.3 Å². The standard InChI is InChI=1S/C19H21N3O2S/c1-3-8-15-11-14(12-17(18(15)23)24-4-2)13-20-22-19(25)21-16-9-6-5-7-10-16/h3,5-7,9-13,23H,1,4,8H2,2H3,(H2,21,22,25)/b20-13-. The first kappa shape index (κ1) is 18.5. The van der Waals surface area contributed by atoms with Crippen LogP contribution in [0, 0.1) is 0 Å². The summed E-state index contributed by atoms with van der Waals surface area (Å²) in [5, 5.41) is 17.7. The van der Waals surface area contributed by atoms with Gasteiger partial charge in [0.05, 0.1) is 12.8 Å². The second kappa shape index (κ2) is 9.44. The van der Waals surface area contributed by atoms with Gasteiger partial charge in [-0.1, -0.05) is 24.3 Å². The molecule has 2 aromatic rings. The summed E-state index contributed by atoms with van der Waals surface area (Å²) in [5.41, 5.74) is 5.16. The van der Waals surface area contributed by atoms with Crippen LogP contribution < -0.4 is 15.5 Å². The van der Waals surface area contributed by atoms with Crippen molar-refractivity contribution in [3.05, 3.63) is 66.2 Å². The lowest BCUT2D eigenvalue weighted by molar-refractivity contribution is 0.317. The zero-order chi connectivity index (χ0) is 18.1. The molecule has 5 nitrogen and oxygen atoms in total. The van der Waals surface area contributed by atoms with Crippen molar-refractivity contribution in [2.75, 3.05) is 11.9 Å². The summed E-state index contributed by atoms with van der Waals surface area (Å²) in [4.78, 5) is 0. The van der Waals surface area contributed by atoms with Gasteiger partial charge in [-0.3, -0.25) is 5.43 Å². The number of para-hydroxylation sites is 1. The third kappa shape index (κ3) is 5.61. The van der Waals surface area contributed by atoms with E-state index in [1.807, 2.05) is 43.3 Å². The van der Waals surface area contributed by atoms with Gasteiger partial charge in [0, 0.05) is 11.3 Å². The lowest BCUT2D eigenvalue weighted by Crippen LogP contribution is -2.23. The summed E-state index contributed by atoms with van der Waals surface area (Å²) in [7, 11) is 0. The Balaban J connectivity index is 2.06. The van der Waals surface area contributed by atoms with Crippen molar-refractivity contribution in [1.82, 2.24) is 5.43 Å². The molecule has 0 unspecified atom stereocenters. The van der Waals surface area contributed by atoms with Crippen LogP contribution in [-0.4, -0.2) is 23.0 Å². The van der Waals surface area contributed by atoms with E-state index < -0.39 is 0 Å². The zero-order valence-corrected chi connectivity index (χ0v) is 14.8. The van der Waals surface area contributed by atoms with E-state index in [0.29, 0.717) is 23.9 Å². The van der Waals surface area contributed by atoms with Crippen molar-refractivity contribution in [1.29, 1.82) is 0 Å². The van der Waals surface area contributed by atoms with Crippen LogP contribution in [0.1, 0.15) is 18.1 Å². The molecule has 0 fully saturated rings. The molecule has 0 aliphatic carbocycles. The Labute approximate surface area is 153 Å². The molecule has 0 aliphatic heterocycles. The maximum absolute atomic E-state index is 10.2. The Kier molecular flexibility index (Phi) is 6.98. The van der Waals surface area contributed by atoms with E-state index in [0.717, 1.165) is 16.8 Å². The number of ether oxygens (including phenoxy) is 1. The molecule has 0 atom stereocenters.